The van der Waals surface area contributed by atoms with E-state index in [9.17, 15) is 9.59 Å². The topological polar surface area (TPSA) is 84.2 Å². The van der Waals surface area contributed by atoms with Gasteiger partial charge in [0.15, 0.2) is 0 Å². The second-order valence-corrected chi connectivity index (χ2v) is 4.96. The average molecular weight is 301 g/mol. The molecule has 1 aromatic heterocycles. The minimum Gasteiger partial charge on any atom is -0.361 e. The molecule has 2 rings (SSSR count). The van der Waals surface area contributed by atoms with Crippen molar-refractivity contribution in [3.8, 4) is 0 Å². The number of rotatable bonds is 6. The third kappa shape index (κ3) is 4.18. The number of aromatic nitrogens is 1. The lowest BCUT2D eigenvalue weighted by Gasteiger charge is -2.10. The first-order valence-corrected chi connectivity index (χ1v) is 7.19. The number of carbonyl (C=O) groups is 2. The summed E-state index contributed by atoms with van der Waals surface area (Å²) in [6, 6.07) is 8.62. The van der Waals surface area contributed by atoms with E-state index in [1.165, 1.54) is 0 Å². The van der Waals surface area contributed by atoms with Crippen molar-refractivity contribution >= 4 is 17.5 Å². The van der Waals surface area contributed by atoms with Crippen molar-refractivity contribution < 1.29 is 14.1 Å². The first kappa shape index (κ1) is 15.8. The fourth-order valence-electron chi connectivity index (χ4n) is 1.98. The number of amides is 2. The second kappa shape index (κ2) is 7.40. The van der Waals surface area contributed by atoms with Gasteiger partial charge >= 0.3 is 0 Å². The molecule has 0 fully saturated rings. The van der Waals surface area contributed by atoms with Crippen LogP contribution in [0.1, 0.15) is 35.2 Å². The van der Waals surface area contributed by atoms with Crippen LogP contribution >= 0.6 is 0 Å². The molecule has 2 amide bonds. The maximum Gasteiger partial charge on any atom is 0.253 e. The SMILES string of the molecule is CCCNC(=O)c1ccccc1NC(=O)Cc1cc(C)on1. The maximum absolute atomic E-state index is 12.1. The Balaban J connectivity index is 2.05. The molecule has 0 radical (unpaired) electrons. The van der Waals surface area contributed by atoms with Crippen LogP contribution in [0.25, 0.3) is 0 Å². The zero-order chi connectivity index (χ0) is 15.9. The Hall–Kier alpha value is -2.63. The molecular formula is C16H19N3O3. The molecule has 6 nitrogen and oxygen atoms in total. The van der Waals surface area contributed by atoms with E-state index in [4.69, 9.17) is 4.52 Å². The van der Waals surface area contributed by atoms with Gasteiger partial charge in [-0.05, 0) is 25.5 Å². The number of hydrogen-bond acceptors (Lipinski definition) is 4. The van der Waals surface area contributed by atoms with Crippen LogP contribution in [0.4, 0.5) is 5.69 Å². The van der Waals surface area contributed by atoms with Gasteiger partial charge in [-0.25, -0.2) is 0 Å². The molecule has 22 heavy (non-hydrogen) atoms. The van der Waals surface area contributed by atoms with E-state index in [0.29, 0.717) is 29.2 Å². The van der Waals surface area contributed by atoms with Crippen LogP contribution in [-0.4, -0.2) is 23.5 Å². The van der Waals surface area contributed by atoms with E-state index in [1.54, 1.807) is 37.3 Å². The highest BCUT2D eigenvalue weighted by Crippen LogP contribution is 2.15. The molecular weight excluding hydrogens is 282 g/mol. The van der Waals surface area contributed by atoms with Gasteiger partial charge < -0.3 is 15.2 Å². The lowest BCUT2D eigenvalue weighted by Crippen LogP contribution is -2.26. The summed E-state index contributed by atoms with van der Waals surface area (Å²) in [5, 5.41) is 9.32. The van der Waals surface area contributed by atoms with Crippen molar-refractivity contribution in [2.24, 2.45) is 0 Å². The zero-order valence-electron chi connectivity index (χ0n) is 12.7. The van der Waals surface area contributed by atoms with Crippen molar-refractivity contribution in [3.05, 3.63) is 47.3 Å². The summed E-state index contributed by atoms with van der Waals surface area (Å²) >= 11 is 0. The summed E-state index contributed by atoms with van der Waals surface area (Å²) in [6.07, 6.45) is 0.952. The Morgan fingerprint density at radius 2 is 2.05 bits per heavy atom. The zero-order valence-corrected chi connectivity index (χ0v) is 12.7. The van der Waals surface area contributed by atoms with Gasteiger partial charge in [-0.2, -0.15) is 0 Å². The van der Waals surface area contributed by atoms with Gasteiger partial charge in [0.2, 0.25) is 5.91 Å². The molecule has 0 saturated carbocycles. The van der Waals surface area contributed by atoms with Crippen molar-refractivity contribution in [1.82, 2.24) is 10.5 Å². The van der Waals surface area contributed by atoms with E-state index in [-0.39, 0.29) is 18.2 Å². The molecule has 116 valence electrons. The molecule has 0 spiro atoms. The van der Waals surface area contributed by atoms with E-state index in [2.05, 4.69) is 15.8 Å². The highest BCUT2D eigenvalue weighted by molar-refractivity contribution is 6.04. The molecule has 0 unspecified atom stereocenters. The molecule has 0 aliphatic heterocycles. The van der Waals surface area contributed by atoms with Crippen LogP contribution < -0.4 is 10.6 Å². The minimum atomic E-state index is -0.246. The fourth-order valence-corrected chi connectivity index (χ4v) is 1.98. The van der Waals surface area contributed by atoms with Crippen molar-refractivity contribution in [3.63, 3.8) is 0 Å². The molecule has 0 bridgehead atoms. The molecule has 0 aliphatic carbocycles. The van der Waals surface area contributed by atoms with Crippen LogP contribution in [-0.2, 0) is 11.2 Å². The lowest BCUT2D eigenvalue weighted by atomic mass is 10.1. The monoisotopic (exact) mass is 301 g/mol. The number of hydrogen-bond donors (Lipinski definition) is 2. The standard InChI is InChI=1S/C16H19N3O3/c1-3-8-17-16(21)13-6-4-5-7-14(13)18-15(20)10-12-9-11(2)22-19-12/h4-7,9H,3,8,10H2,1-2H3,(H,17,21)(H,18,20). The number of benzene rings is 1. The predicted molar refractivity (Wildman–Crippen MR) is 82.6 cm³/mol. The summed E-state index contributed by atoms with van der Waals surface area (Å²) in [5.74, 6) is 0.209. The minimum absolute atomic E-state index is 0.0995. The van der Waals surface area contributed by atoms with Gasteiger partial charge in [-0.1, -0.05) is 24.2 Å². The second-order valence-electron chi connectivity index (χ2n) is 4.96. The summed E-state index contributed by atoms with van der Waals surface area (Å²) in [4.78, 5) is 24.1. The smallest absolute Gasteiger partial charge is 0.253 e. The van der Waals surface area contributed by atoms with Crippen molar-refractivity contribution in [1.29, 1.82) is 0 Å². The number of aryl methyl sites for hydroxylation is 1. The molecule has 0 saturated heterocycles. The van der Waals surface area contributed by atoms with E-state index < -0.39 is 0 Å². The first-order chi connectivity index (χ1) is 10.6. The first-order valence-electron chi connectivity index (χ1n) is 7.19. The van der Waals surface area contributed by atoms with E-state index in [1.807, 2.05) is 6.92 Å². The van der Waals surface area contributed by atoms with Crippen LogP contribution in [0.3, 0.4) is 0 Å². The average Bonchev–Trinajstić information content (AvgIpc) is 2.90. The van der Waals surface area contributed by atoms with Gasteiger partial charge in [0.25, 0.3) is 5.91 Å². The predicted octanol–water partition coefficient (Wildman–Crippen LogP) is 2.30. The summed E-state index contributed by atoms with van der Waals surface area (Å²) in [5.41, 5.74) is 1.49. The van der Waals surface area contributed by atoms with E-state index >= 15 is 0 Å². The van der Waals surface area contributed by atoms with Gasteiger partial charge in [-0.3, -0.25) is 9.59 Å². The Morgan fingerprint density at radius 3 is 2.73 bits per heavy atom. The normalized spacial score (nSPS) is 10.3. The van der Waals surface area contributed by atoms with Crippen LogP contribution in [0, 0.1) is 6.92 Å². The number of carbonyl (C=O) groups excluding carboxylic acids is 2. The van der Waals surface area contributed by atoms with Gasteiger partial charge in [-0.15, -0.1) is 0 Å². The summed E-state index contributed by atoms with van der Waals surface area (Å²) in [6.45, 7) is 4.34. The molecule has 0 aliphatic rings. The Kier molecular flexibility index (Phi) is 5.30. The molecule has 6 heteroatoms. The maximum atomic E-state index is 12.1. The lowest BCUT2D eigenvalue weighted by molar-refractivity contribution is -0.115. The van der Waals surface area contributed by atoms with Crippen molar-refractivity contribution in [2.75, 3.05) is 11.9 Å². The number of nitrogens with one attached hydrogen (secondary N) is 2. The molecule has 2 N–H and O–H groups in total. The van der Waals surface area contributed by atoms with Gasteiger partial charge in [0.05, 0.1) is 23.4 Å². The highest BCUT2D eigenvalue weighted by Gasteiger charge is 2.13. The van der Waals surface area contributed by atoms with Crippen LogP contribution in [0.5, 0.6) is 0 Å². The largest absolute Gasteiger partial charge is 0.361 e. The summed E-state index contributed by atoms with van der Waals surface area (Å²) in [7, 11) is 0. The van der Waals surface area contributed by atoms with Gasteiger partial charge in [0.1, 0.15) is 5.76 Å². The highest BCUT2D eigenvalue weighted by atomic mass is 16.5. The molecule has 2 aromatic rings. The van der Waals surface area contributed by atoms with Crippen LogP contribution in [0.2, 0.25) is 0 Å². The molecule has 1 aromatic carbocycles. The number of anilines is 1. The Morgan fingerprint density at radius 1 is 1.27 bits per heavy atom. The molecule has 1 heterocycles. The quantitative estimate of drug-likeness (QED) is 0.857. The third-order valence-electron chi connectivity index (χ3n) is 3.00. The molecule has 0 atom stereocenters. The van der Waals surface area contributed by atoms with Crippen molar-refractivity contribution in [2.45, 2.75) is 26.7 Å². The fraction of sp³-hybridized carbons (Fsp3) is 0.312. The van der Waals surface area contributed by atoms with Crippen LogP contribution in [0.15, 0.2) is 34.9 Å². The number of nitrogens with zero attached hydrogens (tertiary/aromatic N) is 1. The third-order valence-corrected chi connectivity index (χ3v) is 3.00. The number of para-hydroxylation sites is 1. The Labute approximate surface area is 128 Å². The van der Waals surface area contributed by atoms with E-state index in [0.717, 1.165) is 6.42 Å². The van der Waals surface area contributed by atoms with Gasteiger partial charge in [0, 0.05) is 12.6 Å². The summed E-state index contributed by atoms with van der Waals surface area (Å²) < 4.78 is 4.93. The Bertz CT molecular complexity index is 664.